The molecule has 2 aliphatic rings. The summed E-state index contributed by atoms with van der Waals surface area (Å²) >= 11 is 0. The van der Waals surface area contributed by atoms with E-state index in [1.807, 2.05) is 49.4 Å². The first-order chi connectivity index (χ1) is 16.9. The molecule has 1 aliphatic carbocycles. The molecule has 1 aliphatic heterocycles. The fourth-order valence-corrected chi connectivity index (χ4v) is 4.99. The first-order valence-electron chi connectivity index (χ1n) is 11.5. The van der Waals surface area contributed by atoms with Crippen LogP contribution in [0.4, 0.5) is 8.78 Å². The second kappa shape index (κ2) is 8.67. The highest BCUT2D eigenvalue weighted by atomic mass is 32.2. The maximum atomic E-state index is 13.4. The molecule has 9 heteroatoms. The van der Waals surface area contributed by atoms with Crippen molar-refractivity contribution in [1.29, 1.82) is 0 Å². The maximum absolute atomic E-state index is 13.4. The largest absolute Gasteiger partial charge is 0.586 e. The Morgan fingerprint density at radius 2 is 1.61 bits per heavy atom. The molecule has 188 valence electrons. The van der Waals surface area contributed by atoms with Gasteiger partial charge in [0.25, 0.3) is 0 Å². The van der Waals surface area contributed by atoms with Gasteiger partial charge in [-0.05, 0) is 65.3 Å². The minimum absolute atomic E-state index is 0.0325. The predicted molar refractivity (Wildman–Crippen MR) is 131 cm³/mol. The van der Waals surface area contributed by atoms with E-state index < -0.39 is 21.7 Å². The molecule has 1 saturated carbocycles. The number of ketones is 1. The number of sulfonamides is 1. The van der Waals surface area contributed by atoms with Crippen LogP contribution < -0.4 is 14.2 Å². The van der Waals surface area contributed by atoms with E-state index in [-0.39, 0.29) is 30.2 Å². The lowest BCUT2D eigenvalue weighted by atomic mass is 9.87. The number of halogens is 2. The second-order valence-electron chi connectivity index (χ2n) is 9.45. The molecule has 0 unspecified atom stereocenters. The Balaban J connectivity index is 1.33. The van der Waals surface area contributed by atoms with Crippen LogP contribution in [0.25, 0.3) is 11.1 Å². The van der Waals surface area contributed by atoms with Crippen molar-refractivity contribution in [2.24, 2.45) is 0 Å². The van der Waals surface area contributed by atoms with Gasteiger partial charge in [0, 0.05) is 13.0 Å². The van der Waals surface area contributed by atoms with Gasteiger partial charge in [-0.1, -0.05) is 48.5 Å². The summed E-state index contributed by atoms with van der Waals surface area (Å²) < 4.78 is 61.0. The normalized spacial score (nSPS) is 17.1. The summed E-state index contributed by atoms with van der Waals surface area (Å²) in [7, 11) is -3.27. The Morgan fingerprint density at radius 1 is 0.944 bits per heavy atom. The number of fused-ring (bicyclic) bond motifs is 1. The van der Waals surface area contributed by atoms with Gasteiger partial charge in [-0.25, -0.2) is 13.1 Å². The molecule has 0 aromatic heterocycles. The van der Waals surface area contributed by atoms with Crippen LogP contribution in [-0.2, 0) is 33.2 Å². The van der Waals surface area contributed by atoms with Gasteiger partial charge in [0.05, 0.1) is 11.7 Å². The third kappa shape index (κ3) is 4.99. The van der Waals surface area contributed by atoms with E-state index >= 15 is 0 Å². The van der Waals surface area contributed by atoms with Gasteiger partial charge in [0.2, 0.25) is 10.0 Å². The molecular formula is C27H25F2NO5S. The van der Waals surface area contributed by atoms with Crippen LogP contribution in [0, 0.1) is 6.92 Å². The lowest BCUT2D eigenvalue weighted by Crippen LogP contribution is -2.26. The average molecular weight is 514 g/mol. The topological polar surface area (TPSA) is 81.7 Å². The van der Waals surface area contributed by atoms with E-state index in [4.69, 9.17) is 0 Å². The number of aryl methyl sites for hydroxylation is 1. The molecule has 0 atom stereocenters. The summed E-state index contributed by atoms with van der Waals surface area (Å²) in [4.78, 5) is 13.4. The van der Waals surface area contributed by atoms with Crippen LogP contribution >= 0.6 is 0 Å². The summed E-state index contributed by atoms with van der Waals surface area (Å²) in [5, 5.41) is 0. The van der Waals surface area contributed by atoms with E-state index in [1.54, 1.807) is 6.07 Å². The SMILES string of the molecule is Cc1ccc(CC(=O)C2(c3ccc4c(c3)OC(F)(F)O4)CC2)cc1-c1ccc(CNS(C)(=O)=O)cc1. The first kappa shape index (κ1) is 24.4. The number of carbonyl (C=O) groups is 1. The van der Waals surface area contributed by atoms with Gasteiger partial charge >= 0.3 is 6.29 Å². The Bertz CT molecular complexity index is 1450. The summed E-state index contributed by atoms with van der Waals surface area (Å²) in [6, 6.07) is 18.1. The zero-order valence-electron chi connectivity index (χ0n) is 19.8. The number of hydrogen-bond donors (Lipinski definition) is 1. The first-order valence-corrected chi connectivity index (χ1v) is 13.4. The van der Waals surface area contributed by atoms with Gasteiger partial charge in [0.1, 0.15) is 5.78 Å². The minimum Gasteiger partial charge on any atom is -0.395 e. The molecule has 0 bridgehead atoms. The quantitative estimate of drug-likeness (QED) is 0.465. The molecule has 6 nitrogen and oxygen atoms in total. The second-order valence-corrected chi connectivity index (χ2v) is 11.3. The highest BCUT2D eigenvalue weighted by Gasteiger charge is 2.52. The highest BCUT2D eigenvalue weighted by molar-refractivity contribution is 7.88. The molecule has 0 amide bonds. The van der Waals surface area contributed by atoms with Crippen molar-refractivity contribution in [3.63, 3.8) is 0 Å². The third-order valence-electron chi connectivity index (χ3n) is 6.71. The zero-order chi connectivity index (χ0) is 25.7. The maximum Gasteiger partial charge on any atom is 0.586 e. The summed E-state index contributed by atoms with van der Waals surface area (Å²) in [5.41, 5.74) is 4.66. The molecule has 0 saturated heterocycles. The lowest BCUT2D eigenvalue weighted by molar-refractivity contribution is -0.286. The Labute approximate surface area is 208 Å². The van der Waals surface area contributed by atoms with Crippen LogP contribution in [0.15, 0.2) is 60.7 Å². The van der Waals surface area contributed by atoms with Crippen molar-refractivity contribution in [3.8, 4) is 22.6 Å². The fourth-order valence-electron chi connectivity index (χ4n) is 4.56. The van der Waals surface area contributed by atoms with Crippen molar-refractivity contribution < 1.29 is 31.5 Å². The molecule has 3 aromatic carbocycles. The molecule has 1 fully saturated rings. The van der Waals surface area contributed by atoms with Gasteiger partial charge < -0.3 is 9.47 Å². The standard InChI is InChI=1S/C27H25F2NO5S/c1-17-3-4-19(13-22(17)20-7-5-18(6-8-20)16-30-36(2,32)33)14-25(31)26(11-12-26)21-9-10-23-24(15-21)35-27(28,29)34-23/h3-10,13,15,30H,11-12,14,16H2,1-2H3. The summed E-state index contributed by atoms with van der Waals surface area (Å²) in [5.74, 6) is -0.0530. The number of ether oxygens (including phenoxy) is 2. The molecule has 1 heterocycles. The van der Waals surface area contributed by atoms with Crippen molar-refractivity contribution in [1.82, 2.24) is 4.72 Å². The average Bonchev–Trinajstić information content (AvgIpc) is 3.56. The van der Waals surface area contributed by atoms with Gasteiger partial charge in [-0.2, -0.15) is 0 Å². The van der Waals surface area contributed by atoms with E-state index in [2.05, 4.69) is 14.2 Å². The molecule has 36 heavy (non-hydrogen) atoms. The van der Waals surface area contributed by atoms with Crippen LogP contribution in [0.5, 0.6) is 11.5 Å². The molecule has 0 radical (unpaired) electrons. The molecule has 3 aromatic rings. The predicted octanol–water partition coefficient (Wildman–Crippen LogP) is 4.88. The molecule has 1 N–H and O–H groups in total. The van der Waals surface area contributed by atoms with Gasteiger partial charge in [-0.15, -0.1) is 8.78 Å². The van der Waals surface area contributed by atoms with E-state index in [0.29, 0.717) is 18.4 Å². The number of Topliss-reactive ketones (excluding diaryl/α,β-unsaturated/α-hetero) is 1. The van der Waals surface area contributed by atoms with E-state index in [9.17, 15) is 22.0 Å². The zero-order valence-corrected chi connectivity index (χ0v) is 20.6. The Morgan fingerprint density at radius 3 is 2.28 bits per heavy atom. The molecule has 5 rings (SSSR count). The van der Waals surface area contributed by atoms with Gasteiger partial charge in [0.15, 0.2) is 11.5 Å². The number of alkyl halides is 2. The Hall–Kier alpha value is -3.30. The van der Waals surface area contributed by atoms with E-state index in [1.165, 1.54) is 12.1 Å². The smallest absolute Gasteiger partial charge is 0.395 e. The molecular weight excluding hydrogens is 488 g/mol. The number of nitrogens with one attached hydrogen (secondary N) is 1. The number of hydrogen-bond acceptors (Lipinski definition) is 5. The summed E-state index contributed by atoms with van der Waals surface area (Å²) in [6.45, 7) is 2.21. The minimum atomic E-state index is -3.69. The number of carbonyl (C=O) groups excluding carboxylic acids is 1. The number of rotatable bonds is 8. The Kier molecular flexibility index (Phi) is 5.88. The summed E-state index contributed by atoms with van der Waals surface area (Å²) in [6.07, 6.45) is -1.04. The third-order valence-corrected chi connectivity index (χ3v) is 7.38. The van der Waals surface area contributed by atoms with Crippen molar-refractivity contribution in [3.05, 3.63) is 82.9 Å². The molecule has 0 spiro atoms. The van der Waals surface area contributed by atoms with E-state index in [0.717, 1.165) is 34.1 Å². The van der Waals surface area contributed by atoms with Crippen molar-refractivity contribution >= 4 is 15.8 Å². The highest BCUT2D eigenvalue weighted by Crippen LogP contribution is 2.52. The van der Waals surface area contributed by atoms with Crippen LogP contribution in [0.1, 0.15) is 35.1 Å². The van der Waals surface area contributed by atoms with Crippen LogP contribution in [0.3, 0.4) is 0 Å². The monoisotopic (exact) mass is 513 g/mol. The van der Waals surface area contributed by atoms with Crippen LogP contribution in [-0.4, -0.2) is 26.8 Å². The van der Waals surface area contributed by atoms with Crippen molar-refractivity contribution in [2.45, 2.75) is 44.4 Å². The van der Waals surface area contributed by atoms with Crippen molar-refractivity contribution in [2.75, 3.05) is 6.26 Å². The van der Waals surface area contributed by atoms with Gasteiger partial charge in [-0.3, -0.25) is 4.79 Å². The number of benzene rings is 3. The van der Waals surface area contributed by atoms with Crippen LogP contribution in [0.2, 0.25) is 0 Å². The fraction of sp³-hybridized carbons (Fsp3) is 0.296. The lowest BCUT2D eigenvalue weighted by Gasteiger charge is -2.16.